The Hall–Kier alpha value is -3.55. The van der Waals surface area contributed by atoms with Crippen LogP contribution in [0.3, 0.4) is 0 Å². The van der Waals surface area contributed by atoms with E-state index < -0.39 is 23.6 Å². The van der Waals surface area contributed by atoms with Crippen LogP contribution < -0.4 is 10.1 Å². The monoisotopic (exact) mass is 485 g/mol. The SMILES string of the molecule is CCOC(=O)C1=C(C)NC2=C(C(=O)C[C@@H](c3ccc(OC)cc3)C2)[C@H]1c1ccccc1C(F)(F)F. The molecule has 0 fully saturated rings. The minimum atomic E-state index is -4.65. The van der Waals surface area contributed by atoms with Crippen molar-refractivity contribution in [3.05, 3.63) is 87.8 Å². The Morgan fingerprint density at radius 1 is 1.09 bits per heavy atom. The number of allylic oxidation sites excluding steroid dienone is 3. The summed E-state index contributed by atoms with van der Waals surface area (Å²) in [5.74, 6) is -1.68. The summed E-state index contributed by atoms with van der Waals surface area (Å²) in [6.45, 7) is 3.31. The van der Waals surface area contributed by atoms with Gasteiger partial charge in [0.05, 0.1) is 24.9 Å². The number of halogens is 3. The Balaban J connectivity index is 1.84. The molecular formula is C27H26F3NO4. The Kier molecular flexibility index (Phi) is 6.74. The molecule has 2 atom stereocenters. The van der Waals surface area contributed by atoms with Crippen molar-refractivity contribution in [1.29, 1.82) is 0 Å². The lowest BCUT2D eigenvalue weighted by atomic mass is 9.71. The van der Waals surface area contributed by atoms with Crippen LogP contribution >= 0.6 is 0 Å². The first-order valence-electron chi connectivity index (χ1n) is 11.4. The molecule has 8 heteroatoms. The number of hydrogen-bond acceptors (Lipinski definition) is 5. The molecule has 0 amide bonds. The summed E-state index contributed by atoms with van der Waals surface area (Å²) in [7, 11) is 1.57. The van der Waals surface area contributed by atoms with Crippen LogP contribution in [0.15, 0.2) is 71.1 Å². The first-order valence-corrected chi connectivity index (χ1v) is 11.4. The van der Waals surface area contributed by atoms with Crippen molar-refractivity contribution in [2.45, 2.75) is 44.7 Å². The molecule has 1 heterocycles. The third-order valence-electron chi connectivity index (χ3n) is 6.49. The highest BCUT2D eigenvalue weighted by atomic mass is 19.4. The lowest BCUT2D eigenvalue weighted by Crippen LogP contribution is -2.36. The van der Waals surface area contributed by atoms with Crippen molar-refractivity contribution < 1.29 is 32.2 Å². The van der Waals surface area contributed by atoms with Crippen molar-refractivity contribution in [1.82, 2.24) is 5.32 Å². The van der Waals surface area contributed by atoms with Gasteiger partial charge in [-0.25, -0.2) is 4.79 Å². The first kappa shape index (κ1) is 24.6. The molecule has 5 nitrogen and oxygen atoms in total. The van der Waals surface area contributed by atoms with E-state index in [-0.39, 0.29) is 41.4 Å². The maximum atomic E-state index is 14.0. The number of methoxy groups -OCH3 is 1. The molecular weight excluding hydrogens is 459 g/mol. The number of dihydropyridines is 1. The second-order valence-corrected chi connectivity index (χ2v) is 8.60. The van der Waals surface area contributed by atoms with Gasteiger partial charge < -0.3 is 14.8 Å². The summed E-state index contributed by atoms with van der Waals surface area (Å²) >= 11 is 0. The first-order chi connectivity index (χ1) is 16.7. The summed E-state index contributed by atoms with van der Waals surface area (Å²) in [6.07, 6.45) is -4.11. The lowest BCUT2D eigenvalue weighted by Gasteiger charge is -2.37. The van der Waals surface area contributed by atoms with Crippen molar-refractivity contribution >= 4 is 11.8 Å². The number of carbonyl (C=O) groups excluding carboxylic acids is 2. The van der Waals surface area contributed by atoms with E-state index in [9.17, 15) is 22.8 Å². The minimum absolute atomic E-state index is 0.0264. The fourth-order valence-corrected chi connectivity index (χ4v) is 4.95. The van der Waals surface area contributed by atoms with Crippen LogP contribution in [0.4, 0.5) is 13.2 Å². The van der Waals surface area contributed by atoms with Crippen LogP contribution in [0.5, 0.6) is 5.75 Å². The second-order valence-electron chi connectivity index (χ2n) is 8.60. The highest BCUT2D eigenvalue weighted by molar-refractivity contribution is 6.04. The predicted octanol–water partition coefficient (Wildman–Crippen LogP) is 5.64. The van der Waals surface area contributed by atoms with Gasteiger partial charge in [-0.3, -0.25) is 4.79 Å². The zero-order valence-corrected chi connectivity index (χ0v) is 19.7. The summed E-state index contributed by atoms with van der Waals surface area (Å²) in [4.78, 5) is 26.5. The molecule has 35 heavy (non-hydrogen) atoms. The average molecular weight is 486 g/mol. The van der Waals surface area contributed by atoms with Gasteiger partial charge in [-0.1, -0.05) is 30.3 Å². The van der Waals surface area contributed by atoms with Gasteiger partial charge >= 0.3 is 12.1 Å². The van der Waals surface area contributed by atoms with E-state index in [2.05, 4.69) is 5.32 Å². The fourth-order valence-electron chi connectivity index (χ4n) is 4.95. The maximum absolute atomic E-state index is 14.0. The molecule has 1 aliphatic heterocycles. The standard InChI is InChI=1S/C27H26F3NO4/c1-4-35-26(33)23-15(2)31-21-13-17(16-9-11-18(34-3)12-10-16)14-22(32)25(21)24(23)19-7-5-6-8-20(19)27(28,29)30/h5-12,17,24,31H,4,13-14H2,1-3H3/t17-,24-/m0/s1. The average Bonchev–Trinajstić information content (AvgIpc) is 2.82. The number of ketones is 1. The summed E-state index contributed by atoms with van der Waals surface area (Å²) in [6, 6.07) is 12.5. The van der Waals surface area contributed by atoms with Gasteiger partial charge in [-0.05, 0) is 55.5 Å². The van der Waals surface area contributed by atoms with Gasteiger partial charge in [0.2, 0.25) is 0 Å². The molecule has 0 unspecified atom stereocenters. The van der Waals surface area contributed by atoms with Gasteiger partial charge in [-0.15, -0.1) is 0 Å². The highest BCUT2D eigenvalue weighted by Gasteiger charge is 2.45. The molecule has 2 aromatic rings. The lowest BCUT2D eigenvalue weighted by molar-refractivity contribution is -0.140. The molecule has 2 aromatic carbocycles. The molecule has 2 aliphatic rings. The van der Waals surface area contributed by atoms with E-state index in [1.165, 1.54) is 18.2 Å². The zero-order chi connectivity index (χ0) is 25.3. The van der Waals surface area contributed by atoms with Gasteiger partial charge in [0, 0.05) is 29.3 Å². The third-order valence-corrected chi connectivity index (χ3v) is 6.49. The van der Waals surface area contributed by atoms with E-state index in [0.717, 1.165) is 11.6 Å². The smallest absolute Gasteiger partial charge is 0.416 e. The number of carbonyl (C=O) groups is 2. The Bertz CT molecular complexity index is 1210. The molecule has 0 radical (unpaired) electrons. The predicted molar refractivity (Wildman–Crippen MR) is 124 cm³/mol. The largest absolute Gasteiger partial charge is 0.497 e. The van der Waals surface area contributed by atoms with E-state index in [1.54, 1.807) is 21.0 Å². The van der Waals surface area contributed by atoms with Gasteiger partial charge in [0.25, 0.3) is 0 Å². The van der Waals surface area contributed by atoms with Crippen LogP contribution in [0, 0.1) is 0 Å². The third kappa shape index (κ3) is 4.70. The summed E-state index contributed by atoms with van der Waals surface area (Å²) < 4.78 is 52.3. The van der Waals surface area contributed by atoms with E-state index in [1.807, 2.05) is 24.3 Å². The number of benzene rings is 2. The number of hydrogen-bond donors (Lipinski definition) is 1. The summed E-state index contributed by atoms with van der Waals surface area (Å²) in [5, 5.41) is 3.15. The molecule has 1 N–H and O–H groups in total. The minimum Gasteiger partial charge on any atom is -0.497 e. The Morgan fingerprint density at radius 2 is 1.77 bits per heavy atom. The number of esters is 1. The van der Waals surface area contributed by atoms with E-state index >= 15 is 0 Å². The van der Waals surface area contributed by atoms with Crippen molar-refractivity contribution in [3.8, 4) is 5.75 Å². The van der Waals surface area contributed by atoms with Crippen molar-refractivity contribution in [3.63, 3.8) is 0 Å². The molecule has 0 saturated carbocycles. The quantitative estimate of drug-likeness (QED) is 0.556. The van der Waals surface area contributed by atoms with Crippen LogP contribution in [0.2, 0.25) is 0 Å². The van der Waals surface area contributed by atoms with Crippen LogP contribution in [-0.2, 0) is 20.5 Å². The molecule has 0 spiro atoms. The van der Waals surface area contributed by atoms with Gasteiger partial charge in [0.15, 0.2) is 5.78 Å². The van der Waals surface area contributed by atoms with Crippen LogP contribution in [-0.4, -0.2) is 25.5 Å². The number of alkyl halides is 3. The van der Waals surface area contributed by atoms with Crippen molar-refractivity contribution in [2.24, 2.45) is 0 Å². The number of rotatable bonds is 5. The normalized spacial score (nSPS) is 20.3. The highest BCUT2D eigenvalue weighted by Crippen LogP contribution is 2.48. The van der Waals surface area contributed by atoms with Gasteiger partial charge in [0.1, 0.15) is 5.75 Å². The molecule has 0 bridgehead atoms. The number of nitrogens with one attached hydrogen (secondary N) is 1. The van der Waals surface area contributed by atoms with Crippen LogP contribution in [0.25, 0.3) is 0 Å². The topological polar surface area (TPSA) is 64.6 Å². The number of Topliss-reactive ketones (excluding diaryl/α,β-unsaturated/α-hetero) is 1. The molecule has 0 aromatic heterocycles. The fraction of sp³-hybridized carbons (Fsp3) is 0.333. The summed E-state index contributed by atoms with van der Waals surface area (Å²) in [5.41, 5.74) is 1.06. The molecule has 0 saturated heterocycles. The Morgan fingerprint density at radius 3 is 2.40 bits per heavy atom. The molecule has 1 aliphatic carbocycles. The van der Waals surface area contributed by atoms with E-state index in [0.29, 0.717) is 23.6 Å². The van der Waals surface area contributed by atoms with Crippen molar-refractivity contribution in [2.75, 3.05) is 13.7 Å². The maximum Gasteiger partial charge on any atom is 0.416 e. The Labute approximate surface area is 201 Å². The zero-order valence-electron chi connectivity index (χ0n) is 19.7. The van der Waals surface area contributed by atoms with E-state index in [4.69, 9.17) is 9.47 Å². The van der Waals surface area contributed by atoms with Crippen LogP contribution in [0.1, 0.15) is 55.2 Å². The second kappa shape index (κ2) is 9.60. The molecule has 184 valence electrons. The molecule has 4 rings (SSSR count). The number of ether oxygens (including phenoxy) is 2. The van der Waals surface area contributed by atoms with Gasteiger partial charge in [-0.2, -0.15) is 13.2 Å².